The highest BCUT2D eigenvalue weighted by Gasteiger charge is 2.09. The summed E-state index contributed by atoms with van der Waals surface area (Å²) in [6.45, 7) is 4.45. The molecule has 0 spiro atoms. The maximum Gasteiger partial charge on any atom is 0.162 e. The highest BCUT2D eigenvalue weighted by molar-refractivity contribution is 6.31. The fourth-order valence-electron chi connectivity index (χ4n) is 3.33. The molecule has 5 heteroatoms. The van der Waals surface area contributed by atoms with Gasteiger partial charge in [0.2, 0.25) is 0 Å². The fourth-order valence-corrected chi connectivity index (χ4v) is 3.55. The number of methoxy groups -OCH3 is 2. The van der Waals surface area contributed by atoms with Gasteiger partial charge in [0.05, 0.1) is 20.8 Å². The molecular formula is C25H36ClNO3. The minimum absolute atomic E-state index is 0.637. The molecule has 2 rings (SSSR count). The van der Waals surface area contributed by atoms with E-state index in [1.807, 2.05) is 18.2 Å². The number of nitrogens with one attached hydrogen (secondary N) is 1. The van der Waals surface area contributed by atoms with Crippen molar-refractivity contribution >= 4 is 11.6 Å². The van der Waals surface area contributed by atoms with Crippen LogP contribution in [0.5, 0.6) is 17.2 Å². The van der Waals surface area contributed by atoms with Crippen molar-refractivity contribution in [1.29, 1.82) is 0 Å². The van der Waals surface area contributed by atoms with Gasteiger partial charge in [0.1, 0.15) is 5.75 Å². The molecule has 0 aliphatic heterocycles. The molecule has 0 radical (unpaired) electrons. The Morgan fingerprint density at radius 3 is 2.10 bits per heavy atom. The lowest BCUT2D eigenvalue weighted by Crippen LogP contribution is -2.13. The molecule has 0 amide bonds. The predicted molar refractivity (Wildman–Crippen MR) is 125 cm³/mol. The molecule has 0 saturated carbocycles. The SMILES string of the molecule is CCCCCCCCCOc1ccc(CNCc2cc(OC)c(OC)cc2Cl)cc1. The predicted octanol–water partition coefficient (Wildman–Crippen LogP) is 6.78. The van der Waals surface area contributed by atoms with E-state index in [4.69, 9.17) is 25.8 Å². The zero-order valence-electron chi connectivity index (χ0n) is 18.6. The van der Waals surface area contributed by atoms with Crippen molar-refractivity contribution in [3.05, 3.63) is 52.5 Å². The number of hydrogen-bond acceptors (Lipinski definition) is 4. The summed E-state index contributed by atoms with van der Waals surface area (Å²) in [5.74, 6) is 2.26. The smallest absolute Gasteiger partial charge is 0.162 e. The molecule has 4 nitrogen and oxygen atoms in total. The number of rotatable bonds is 15. The van der Waals surface area contributed by atoms with Gasteiger partial charge in [-0.05, 0) is 35.7 Å². The molecule has 2 aromatic rings. The molecule has 30 heavy (non-hydrogen) atoms. The number of benzene rings is 2. The zero-order chi connectivity index (χ0) is 21.6. The van der Waals surface area contributed by atoms with Crippen LogP contribution in [0.3, 0.4) is 0 Å². The van der Waals surface area contributed by atoms with E-state index in [0.29, 0.717) is 23.1 Å². The lowest BCUT2D eigenvalue weighted by molar-refractivity contribution is 0.304. The average molecular weight is 434 g/mol. The third-order valence-electron chi connectivity index (χ3n) is 5.14. The van der Waals surface area contributed by atoms with Gasteiger partial charge in [0.15, 0.2) is 11.5 Å². The Labute approximate surface area is 186 Å². The summed E-state index contributed by atoms with van der Waals surface area (Å²) in [5.41, 5.74) is 2.18. The molecular weight excluding hydrogens is 398 g/mol. The molecule has 166 valence electrons. The van der Waals surface area contributed by atoms with Crippen molar-refractivity contribution in [1.82, 2.24) is 5.32 Å². The van der Waals surface area contributed by atoms with Gasteiger partial charge in [-0.1, -0.05) is 69.2 Å². The topological polar surface area (TPSA) is 39.7 Å². The van der Waals surface area contributed by atoms with E-state index in [-0.39, 0.29) is 0 Å². The van der Waals surface area contributed by atoms with Crippen LogP contribution in [0.25, 0.3) is 0 Å². The first kappa shape index (κ1) is 24.4. The van der Waals surface area contributed by atoms with Crippen LogP contribution in [0.1, 0.15) is 63.0 Å². The number of hydrogen-bond donors (Lipinski definition) is 1. The van der Waals surface area contributed by atoms with Gasteiger partial charge in [-0.2, -0.15) is 0 Å². The largest absolute Gasteiger partial charge is 0.494 e. The Balaban J connectivity index is 1.69. The first-order valence-corrected chi connectivity index (χ1v) is 11.4. The zero-order valence-corrected chi connectivity index (χ0v) is 19.4. The molecule has 0 aliphatic rings. The fraction of sp³-hybridized carbons (Fsp3) is 0.520. The van der Waals surface area contributed by atoms with E-state index in [9.17, 15) is 0 Å². The summed E-state index contributed by atoms with van der Waals surface area (Å²) in [5, 5.41) is 4.09. The lowest BCUT2D eigenvalue weighted by Gasteiger charge is -2.12. The summed E-state index contributed by atoms with van der Waals surface area (Å²) in [6.07, 6.45) is 9.08. The lowest BCUT2D eigenvalue weighted by atomic mass is 10.1. The van der Waals surface area contributed by atoms with Crippen LogP contribution in [-0.2, 0) is 13.1 Å². The summed E-state index contributed by atoms with van der Waals surface area (Å²) >= 11 is 6.35. The standard InChI is InChI=1S/C25H36ClNO3/c1-4-5-6-7-8-9-10-15-30-22-13-11-20(12-14-22)18-27-19-21-16-24(28-2)25(29-3)17-23(21)26/h11-14,16-17,27H,4-10,15,18-19H2,1-3H3. The second-order valence-corrected chi connectivity index (χ2v) is 7.92. The highest BCUT2D eigenvalue weighted by atomic mass is 35.5. The third kappa shape index (κ3) is 8.45. The van der Waals surface area contributed by atoms with Crippen LogP contribution < -0.4 is 19.5 Å². The van der Waals surface area contributed by atoms with E-state index < -0.39 is 0 Å². The molecule has 0 aromatic heterocycles. The van der Waals surface area contributed by atoms with Gasteiger partial charge < -0.3 is 19.5 Å². The van der Waals surface area contributed by atoms with Gasteiger partial charge in [-0.15, -0.1) is 0 Å². The van der Waals surface area contributed by atoms with E-state index in [1.165, 1.54) is 44.1 Å². The van der Waals surface area contributed by atoms with Gasteiger partial charge in [0, 0.05) is 24.2 Å². The Hall–Kier alpha value is -1.91. The Kier molecular flexibility index (Phi) is 11.5. The van der Waals surface area contributed by atoms with Gasteiger partial charge >= 0.3 is 0 Å². The van der Waals surface area contributed by atoms with Crippen LogP contribution >= 0.6 is 11.6 Å². The molecule has 0 saturated heterocycles. The molecule has 0 fully saturated rings. The second-order valence-electron chi connectivity index (χ2n) is 7.52. The molecule has 0 aliphatic carbocycles. The Bertz CT molecular complexity index is 734. The number of halogens is 1. The van der Waals surface area contributed by atoms with Crippen LogP contribution in [0.4, 0.5) is 0 Å². The molecule has 0 heterocycles. The molecule has 2 aromatic carbocycles. The number of ether oxygens (including phenoxy) is 3. The monoisotopic (exact) mass is 433 g/mol. The minimum atomic E-state index is 0.637. The summed E-state index contributed by atoms with van der Waals surface area (Å²) in [6, 6.07) is 12.0. The van der Waals surface area contributed by atoms with Gasteiger partial charge in [-0.25, -0.2) is 0 Å². The first-order chi connectivity index (χ1) is 14.7. The molecule has 0 unspecified atom stereocenters. The Morgan fingerprint density at radius 1 is 0.800 bits per heavy atom. The maximum atomic E-state index is 6.35. The van der Waals surface area contributed by atoms with E-state index in [2.05, 4.69) is 24.4 Å². The second kappa shape index (κ2) is 14.2. The highest BCUT2D eigenvalue weighted by Crippen LogP contribution is 2.33. The van der Waals surface area contributed by atoms with Crippen molar-refractivity contribution in [3.8, 4) is 17.2 Å². The van der Waals surface area contributed by atoms with Crippen LogP contribution in [0.15, 0.2) is 36.4 Å². The Morgan fingerprint density at radius 2 is 1.43 bits per heavy atom. The minimum Gasteiger partial charge on any atom is -0.494 e. The van der Waals surface area contributed by atoms with Crippen molar-refractivity contribution in [3.63, 3.8) is 0 Å². The quantitative estimate of drug-likeness (QED) is 0.314. The number of unbranched alkanes of at least 4 members (excludes halogenated alkanes) is 6. The van der Waals surface area contributed by atoms with Gasteiger partial charge in [-0.3, -0.25) is 0 Å². The van der Waals surface area contributed by atoms with E-state index in [1.54, 1.807) is 20.3 Å². The maximum absolute atomic E-state index is 6.35. The normalized spacial score (nSPS) is 10.8. The third-order valence-corrected chi connectivity index (χ3v) is 5.49. The molecule has 1 N–H and O–H groups in total. The summed E-state index contributed by atoms with van der Waals surface area (Å²) in [4.78, 5) is 0. The van der Waals surface area contributed by atoms with E-state index >= 15 is 0 Å². The van der Waals surface area contributed by atoms with Gasteiger partial charge in [0.25, 0.3) is 0 Å². The average Bonchev–Trinajstić information content (AvgIpc) is 2.77. The van der Waals surface area contributed by atoms with Crippen LogP contribution in [0.2, 0.25) is 5.02 Å². The van der Waals surface area contributed by atoms with E-state index in [0.717, 1.165) is 30.9 Å². The molecule has 0 atom stereocenters. The van der Waals surface area contributed by atoms with Crippen molar-refractivity contribution in [2.75, 3.05) is 20.8 Å². The van der Waals surface area contributed by atoms with Crippen molar-refractivity contribution in [2.45, 2.75) is 65.0 Å². The summed E-state index contributed by atoms with van der Waals surface area (Å²) < 4.78 is 16.5. The van der Waals surface area contributed by atoms with Crippen molar-refractivity contribution in [2.24, 2.45) is 0 Å². The van der Waals surface area contributed by atoms with Crippen LogP contribution in [-0.4, -0.2) is 20.8 Å². The first-order valence-electron chi connectivity index (χ1n) is 11.0. The van der Waals surface area contributed by atoms with Crippen LogP contribution in [0, 0.1) is 0 Å². The molecule has 0 bridgehead atoms. The van der Waals surface area contributed by atoms with Crippen molar-refractivity contribution < 1.29 is 14.2 Å². The summed E-state index contributed by atoms with van der Waals surface area (Å²) in [7, 11) is 3.23.